The summed E-state index contributed by atoms with van der Waals surface area (Å²) in [5.41, 5.74) is 2.66. The fourth-order valence-corrected chi connectivity index (χ4v) is 3.28. The number of halogens is 1. The highest BCUT2D eigenvalue weighted by Gasteiger charge is 2.18. The Bertz CT molecular complexity index is 1100. The van der Waals surface area contributed by atoms with Crippen molar-refractivity contribution >= 4 is 23.4 Å². The monoisotopic (exact) mass is 436 g/mol. The van der Waals surface area contributed by atoms with Gasteiger partial charge in [-0.05, 0) is 48.7 Å². The van der Waals surface area contributed by atoms with Crippen LogP contribution in [0.1, 0.15) is 25.0 Å². The summed E-state index contributed by atoms with van der Waals surface area (Å²) in [4.78, 5) is 23.5. The zero-order valence-electron chi connectivity index (χ0n) is 17.9. The first-order chi connectivity index (χ1) is 15.3. The van der Waals surface area contributed by atoms with Crippen LogP contribution in [-0.2, 0) is 22.6 Å². The van der Waals surface area contributed by atoms with Gasteiger partial charge in [0, 0.05) is 17.3 Å². The molecule has 0 aliphatic heterocycles. The third-order valence-electron chi connectivity index (χ3n) is 4.65. The minimum atomic E-state index is -1.13. The van der Waals surface area contributed by atoms with Crippen LogP contribution in [0.15, 0.2) is 66.7 Å². The van der Waals surface area contributed by atoms with Crippen molar-refractivity contribution in [3.8, 4) is 11.1 Å². The van der Waals surface area contributed by atoms with Gasteiger partial charge in [0.2, 0.25) is 0 Å². The van der Waals surface area contributed by atoms with Gasteiger partial charge in [0.1, 0.15) is 6.61 Å². The van der Waals surface area contributed by atoms with Gasteiger partial charge in [-0.1, -0.05) is 48.5 Å². The second kappa shape index (κ2) is 10.4. The van der Waals surface area contributed by atoms with Crippen molar-refractivity contribution in [3.63, 3.8) is 0 Å². The molecule has 0 aliphatic rings. The van der Waals surface area contributed by atoms with Crippen molar-refractivity contribution in [2.24, 2.45) is 0 Å². The zero-order valence-corrected chi connectivity index (χ0v) is 17.9. The Morgan fingerprint density at radius 2 is 1.78 bits per heavy atom. The maximum atomic E-state index is 15.1. The molecule has 1 amide bonds. The maximum absolute atomic E-state index is 15.1. The topological polar surface area (TPSA) is 87.7 Å². The fourth-order valence-electron chi connectivity index (χ4n) is 3.28. The summed E-state index contributed by atoms with van der Waals surface area (Å²) in [5.74, 6) is -1.73. The van der Waals surface area contributed by atoms with Crippen LogP contribution < -0.4 is 10.6 Å². The third kappa shape index (κ3) is 6.07. The van der Waals surface area contributed by atoms with Crippen molar-refractivity contribution in [2.45, 2.75) is 32.9 Å². The zero-order chi connectivity index (χ0) is 23.1. The molecule has 6 nitrogen and oxygen atoms in total. The van der Waals surface area contributed by atoms with Gasteiger partial charge in [-0.3, -0.25) is 10.1 Å². The van der Waals surface area contributed by atoms with Crippen molar-refractivity contribution in [3.05, 3.63) is 83.7 Å². The number of amides is 1. The Morgan fingerprint density at radius 3 is 2.47 bits per heavy atom. The molecular weight excluding hydrogens is 411 g/mol. The van der Waals surface area contributed by atoms with Crippen LogP contribution in [0.2, 0.25) is 0 Å². The lowest BCUT2D eigenvalue weighted by Crippen LogP contribution is -2.14. The minimum Gasteiger partial charge on any atom is -0.481 e. The van der Waals surface area contributed by atoms with Crippen LogP contribution in [0.5, 0.6) is 0 Å². The molecule has 7 heteroatoms. The predicted octanol–water partition coefficient (Wildman–Crippen LogP) is 5.69. The number of anilines is 2. The predicted molar refractivity (Wildman–Crippen MR) is 122 cm³/mol. The molecule has 0 unspecified atom stereocenters. The first kappa shape index (κ1) is 22.8. The third-order valence-corrected chi connectivity index (χ3v) is 4.65. The number of carbonyl (C=O) groups excluding carboxylic acids is 1. The first-order valence-corrected chi connectivity index (χ1v) is 10.2. The smallest absolute Gasteiger partial charge is 0.411 e. The lowest BCUT2D eigenvalue weighted by molar-refractivity contribution is -0.136. The summed E-state index contributed by atoms with van der Waals surface area (Å²) < 4.78 is 20.3. The number of carboxylic acids is 1. The van der Waals surface area contributed by atoms with Crippen LogP contribution in [0, 0.1) is 5.82 Å². The van der Waals surface area contributed by atoms with Gasteiger partial charge in [0.05, 0.1) is 12.1 Å². The Labute approximate surface area is 186 Å². The molecule has 0 saturated heterocycles. The van der Waals surface area contributed by atoms with E-state index in [1.165, 1.54) is 0 Å². The molecule has 0 spiro atoms. The Kier molecular flexibility index (Phi) is 7.44. The van der Waals surface area contributed by atoms with Gasteiger partial charge in [-0.15, -0.1) is 0 Å². The summed E-state index contributed by atoms with van der Waals surface area (Å²) >= 11 is 0. The summed E-state index contributed by atoms with van der Waals surface area (Å²) in [6.07, 6.45) is -1.09. The second-order valence-electron chi connectivity index (χ2n) is 7.59. The summed E-state index contributed by atoms with van der Waals surface area (Å²) in [5, 5.41) is 14.9. The highest BCUT2D eigenvalue weighted by atomic mass is 19.1. The standard InChI is InChI=1S/C25H25FN2O4/c1-16(2)27-22-12-11-20(21(24(22)26)14-23(29)30)18-9-6-10-19(13-18)28-25(31)32-15-17-7-4-3-5-8-17/h3-13,16,27H,14-15H2,1-2H3,(H,28,31)(H,29,30). The highest BCUT2D eigenvalue weighted by molar-refractivity contribution is 5.87. The SMILES string of the molecule is CC(C)Nc1ccc(-c2cccc(NC(=O)OCc3ccccc3)c2)c(CC(=O)O)c1F. The molecule has 32 heavy (non-hydrogen) atoms. The lowest BCUT2D eigenvalue weighted by atomic mass is 9.95. The molecule has 166 valence electrons. The molecular formula is C25H25FN2O4. The van der Waals surface area contributed by atoms with E-state index in [0.29, 0.717) is 16.8 Å². The Balaban J connectivity index is 1.82. The van der Waals surface area contributed by atoms with Crippen molar-refractivity contribution in [2.75, 3.05) is 10.6 Å². The lowest BCUT2D eigenvalue weighted by Gasteiger charge is -2.17. The first-order valence-electron chi connectivity index (χ1n) is 10.2. The van der Waals surface area contributed by atoms with Gasteiger partial charge < -0.3 is 15.2 Å². The quantitative estimate of drug-likeness (QED) is 0.422. The van der Waals surface area contributed by atoms with Crippen molar-refractivity contribution < 1.29 is 23.8 Å². The van der Waals surface area contributed by atoms with E-state index in [2.05, 4.69) is 10.6 Å². The maximum Gasteiger partial charge on any atom is 0.411 e. The highest BCUT2D eigenvalue weighted by Crippen LogP contribution is 2.32. The van der Waals surface area contributed by atoms with Crippen molar-refractivity contribution in [1.29, 1.82) is 0 Å². The molecule has 0 aliphatic carbocycles. The largest absolute Gasteiger partial charge is 0.481 e. The fraction of sp³-hybridized carbons (Fsp3) is 0.200. The van der Waals surface area contributed by atoms with Crippen LogP contribution in [0.4, 0.5) is 20.6 Å². The van der Waals surface area contributed by atoms with Gasteiger partial charge in [-0.25, -0.2) is 9.18 Å². The van der Waals surface area contributed by atoms with E-state index >= 15 is 4.39 Å². The van der Waals surface area contributed by atoms with E-state index in [9.17, 15) is 14.7 Å². The average Bonchev–Trinajstić information content (AvgIpc) is 2.75. The number of benzene rings is 3. The molecule has 0 bridgehead atoms. The number of aliphatic carboxylic acids is 1. The molecule has 3 N–H and O–H groups in total. The number of nitrogens with one attached hydrogen (secondary N) is 2. The molecule has 3 rings (SSSR count). The van der Waals surface area contributed by atoms with E-state index in [4.69, 9.17) is 4.74 Å². The average molecular weight is 436 g/mol. The molecule has 0 atom stereocenters. The summed E-state index contributed by atoms with van der Waals surface area (Å²) in [6, 6.07) is 19.3. The Morgan fingerprint density at radius 1 is 1.03 bits per heavy atom. The molecule has 0 aromatic heterocycles. The number of hydrogen-bond acceptors (Lipinski definition) is 4. The van der Waals surface area contributed by atoms with E-state index in [0.717, 1.165) is 5.56 Å². The molecule has 0 saturated carbocycles. The number of hydrogen-bond donors (Lipinski definition) is 3. The van der Waals surface area contributed by atoms with Crippen LogP contribution in [-0.4, -0.2) is 23.2 Å². The van der Waals surface area contributed by atoms with Gasteiger partial charge in [0.15, 0.2) is 5.82 Å². The molecule has 0 heterocycles. The summed E-state index contributed by atoms with van der Waals surface area (Å²) in [6.45, 7) is 3.87. The number of carbonyl (C=O) groups is 2. The van der Waals surface area contributed by atoms with E-state index in [-0.39, 0.29) is 23.9 Å². The van der Waals surface area contributed by atoms with E-state index in [1.807, 2.05) is 44.2 Å². The molecule has 3 aromatic carbocycles. The van der Waals surface area contributed by atoms with Crippen LogP contribution >= 0.6 is 0 Å². The van der Waals surface area contributed by atoms with Crippen molar-refractivity contribution in [1.82, 2.24) is 0 Å². The number of rotatable bonds is 8. The number of ether oxygens (including phenoxy) is 1. The van der Waals surface area contributed by atoms with Gasteiger partial charge >= 0.3 is 12.1 Å². The van der Waals surface area contributed by atoms with E-state index in [1.54, 1.807) is 36.4 Å². The Hall–Kier alpha value is -3.87. The molecule has 3 aromatic rings. The van der Waals surface area contributed by atoms with Gasteiger partial charge in [0.25, 0.3) is 0 Å². The van der Waals surface area contributed by atoms with E-state index < -0.39 is 24.3 Å². The molecule has 0 radical (unpaired) electrons. The number of carboxylic acid groups (broad SMARTS) is 1. The molecule has 0 fully saturated rings. The second-order valence-corrected chi connectivity index (χ2v) is 7.59. The minimum absolute atomic E-state index is 0.0116. The van der Waals surface area contributed by atoms with Crippen LogP contribution in [0.25, 0.3) is 11.1 Å². The van der Waals surface area contributed by atoms with Gasteiger partial charge in [-0.2, -0.15) is 0 Å². The van der Waals surface area contributed by atoms with Crippen LogP contribution in [0.3, 0.4) is 0 Å². The normalized spacial score (nSPS) is 10.6. The summed E-state index contributed by atoms with van der Waals surface area (Å²) in [7, 11) is 0.